The molecule has 0 saturated heterocycles. The van der Waals surface area contributed by atoms with Gasteiger partial charge in [-0.25, -0.2) is 0 Å². The van der Waals surface area contributed by atoms with Crippen LogP contribution in [0.5, 0.6) is 0 Å². The van der Waals surface area contributed by atoms with E-state index in [1.165, 1.54) is 0 Å². The third kappa shape index (κ3) is 3.56. The predicted molar refractivity (Wildman–Crippen MR) is 74.1 cm³/mol. The highest BCUT2D eigenvalue weighted by Crippen LogP contribution is 2.65. The molecule has 0 bridgehead atoms. The molecule has 2 atom stereocenters. The van der Waals surface area contributed by atoms with Gasteiger partial charge in [-0.2, -0.15) is 5.26 Å². The molecule has 0 fully saturated rings. The fourth-order valence-electron chi connectivity index (χ4n) is 2.17. The van der Waals surface area contributed by atoms with Crippen LogP contribution in [0, 0.1) is 11.3 Å². The lowest BCUT2D eigenvalue weighted by Crippen LogP contribution is -2.51. The number of aliphatic hydroxyl groups excluding tert-OH is 1. The summed E-state index contributed by atoms with van der Waals surface area (Å²) in [7, 11) is -3.30. The molecule has 4 N–H and O–H groups in total. The van der Waals surface area contributed by atoms with Crippen molar-refractivity contribution in [2.24, 2.45) is 5.73 Å². The van der Waals surface area contributed by atoms with Gasteiger partial charge < -0.3 is 25.2 Å². The van der Waals surface area contributed by atoms with Crippen molar-refractivity contribution in [3.63, 3.8) is 0 Å². The Hall–Kier alpha value is -0.440. The van der Waals surface area contributed by atoms with Gasteiger partial charge in [0, 0.05) is 17.9 Å². The maximum Gasteiger partial charge on any atom is 0.248 e. The summed E-state index contributed by atoms with van der Waals surface area (Å²) in [4.78, 5) is 0. The van der Waals surface area contributed by atoms with E-state index in [-0.39, 0.29) is 30.9 Å². The zero-order chi connectivity index (χ0) is 15.3. The van der Waals surface area contributed by atoms with Gasteiger partial charge in [-0.1, -0.05) is 27.7 Å². The minimum atomic E-state index is -3.30. The Kier molecular flexibility index (Phi) is 7.20. The molecular weight excluding hydrogens is 267 g/mol. The number of ether oxygens (including phenoxy) is 1. The van der Waals surface area contributed by atoms with Crippen molar-refractivity contribution in [1.29, 1.82) is 5.26 Å². The van der Waals surface area contributed by atoms with Crippen LogP contribution in [0.25, 0.3) is 0 Å². The van der Waals surface area contributed by atoms with Gasteiger partial charge in [0.1, 0.15) is 6.10 Å². The summed E-state index contributed by atoms with van der Waals surface area (Å²) >= 11 is 0. The molecule has 0 rings (SSSR count). The molecule has 6 nitrogen and oxygen atoms in total. The van der Waals surface area contributed by atoms with E-state index in [0.717, 1.165) is 0 Å². The SMILES string of the molecule is CC(C)P(=O)(C(C)C)[C@](O)(OCCC#N)C(O)CN. The maximum absolute atomic E-state index is 13.2. The zero-order valence-electron chi connectivity index (χ0n) is 12.0. The Balaban J connectivity index is 5.56. The van der Waals surface area contributed by atoms with Crippen LogP contribution in [-0.4, -0.2) is 46.3 Å². The molecule has 1 unspecified atom stereocenters. The highest BCUT2D eigenvalue weighted by Gasteiger charge is 2.56. The maximum atomic E-state index is 13.2. The monoisotopic (exact) mass is 292 g/mol. The zero-order valence-corrected chi connectivity index (χ0v) is 12.9. The second-order valence-corrected chi connectivity index (χ2v) is 9.19. The first-order valence-corrected chi connectivity index (χ1v) is 8.23. The highest BCUT2D eigenvalue weighted by atomic mass is 31.2. The smallest absolute Gasteiger partial charge is 0.248 e. The predicted octanol–water partition coefficient (Wildman–Crippen LogP) is 1.06. The highest BCUT2D eigenvalue weighted by molar-refractivity contribution is 7.66. The Morgan fingerprint density at radius 1 is 1.37 bits per heavy atom. The van der Waals surface area contributed by atoms with Gasteiger partial charge >= 0.3 is 0 Å². The Labute approximate surface area is 114 Å². The van der Waals surface area contributed by atoms with Crippen molar-refractivity contribution in [3.8, 4) is 6.07 Å². The van der Waals surface area contributed by atoms with Crippen molar-refractivity contribution in [3.05, 3.63) is 0 Å². The van der Waals surface area contributed by atoms with Crippen LogP contribution in [0.15, 0.2) is 0 Å². The van der Waals surface area contributed by atoms with E-state index in [4.69, 9.17) is 15.7 Å². The topological polar surface area (TPSA) is 117 Å². The molecule has 0 aliphatic heterocycles. The second kappa shape index (κ2) is 7.37. The van der Waals surface area contributed by atoms with Crippen LogP contribution < -0.4 is 5.73 Å². The van der Waals surface area contributed by atoms with Gasteiger partial charge in [-0.15, -0.1) is 0 Å². The summed E-state index contributed by atoms with van der Waals surface area (Å²) in [6.07, 6.45) is -1.42. The van der Waals surface area contributed by atoms with E-state index in [9.17, 15) is 14.8 Å². The van der Waals surface area contributed by atoms with Crippen LogP contribution in [0.3, 0.4) is 0 Å². The van der Waals surface area contributed by atoms with Crippen molar-refractivity contribution < 1.29 is 19.5 Å². The van der Waals surface area contributed by atoms with E-state index in [1.807, 2.05) is 6.07 Å². The first kappa shape index (κ1) is 18.6. The molecular formula is C12H25N2O4P. The van der Waals surface area contributed by atoms with E-state index in [1.54, 1.807) is 27.7 Å². The average Bonchev–Trinajstić information content (AvgIpc) is 2.35. The van der Waals surface area contributed by atoms with Crippen LogP contribution in [-0.2, 0) is 9.30 Å². The lowest BCUT2D eigenvalue weighted by atomic mass is 10.3. The molecule has 0 aromatic heterocycles. The number of nitriles is 1. The van der Waals surface area contributed by atoms with Gasteiger partial charge in [0.05, 0.1) is 19.1 Å². The molecule has 0 aromatic rings. The molecule has 0 aliphatic carbocycles. The molecule has 0 saturated carbocycles. The number of nitrogens with two attached hydrogens (primary N) is 1. The average molecular weight is 292 g/mol. The fraction of sp³-hybridized carbons (Fsp3) is 0.917. The van der Waals surface area contributed by atoms with Crippen LogP contribution >= 0.6 is 7.14 Å². The summed E-state index contributed by atoms with van der Waals surface area (Å²) in [6, 6.07) is 1.87. The Morgan fingerprint density at radius 2 is 1.84 bits per heavy atom. The summed E-state index contributed by atoms with van der Waals surface area (Å²) < 4.78 is 18.4. The largest absolute Gasteiger partial charge is 0.386 e. The first-order valence-electron chi connectivity index (χ1n) is 6.39. The van der Waals surface area contributed by atoms with E-state index in [0.29, 0.717) is 0 Å². The molecule has 0 spiro atoms. The molecule has 0 aliphatic rings. The molecule has 112 valence electrons. The van der Waals surface area contributed by atoms with Gasteiger partial charge in [-0.05, 0) is 0 Å². The summed E-state index contributed by atoms with van der Waals surface area (Å²) in [5.41, 5.74) is 2.43. The Bertz CT molecular complexity index is 355. The van der Waals surface area contributed by atoms with Gasteiger partial charge in [0.15, 0.2) is 7.14 Å². The lowest BCUT2D eigenvalue weighted by Gasteiger charge is -2.43. The van der Waals surface area contributed by atoms with Crippen molar-refractivity contribution in [2.75, 3.05) is 13.2 Å². The van der Waals surface area contributed by atoms with Gasteiger partial charge in [-0.3, -0.25) is 0 Å². The minimum Gasteiger partial charge on any atom is -0.386 e. The third-order valence-corrected chi connectivity index (χ3v) is 7.72. The number of aliphatic hydroxyl groups is 2. The van der Waals surface area contributed by atoms with Crippen molar-refractivity contribution in [1.82, 2.24) is 0 Å². The minimum absolute atomic E-state index is 0.0375. The van der Waals surface area contributed by atoms with E-state index in [2.05, 4.69) is 0 Å². The lowest BCUT2D eigenvalue weighted by molar-refractivity contribution is -0.195. The van der Waals surface area contributed by atoms with Crippen molar-refractivity contribution >= 4 is 7.14 Å². The Morgan fingerprint density at radius 3 is 2.16 bits per heavy atom. The van der Waals surface area contributed by atoms with E-state index < -0.39 is 18.8 Å². The third-order valence-electron chi connectivity index (χ3n) is 3.22. The van der Waals surface area contributed by atoms with Crippen molar-refractivity contribution in [2.45, 2.75) is 57.1 Å². The van der Waals surface area contributed by atoms with E-state index >= 15 is 0 Å². The molecule has 0 heterocycles. The van der Waals surface area contributed by atoms with Gasteiger partial charge in [0.2, 0.25) is 5.53 Å². The normalized spacial score (nSPS) is 17.3. The molecule has 7 heteroatoms. The molecule has 0 amide bonds. The summed E-state index contributed by atoms with van der Waals surface area (Å²) in [5, 5.41) is 29.1. The second-order valence-electron chi connectivity index (χ2n) is 5.06. The molecule has 0 radical (unpaired) electrons. The molecule has 0 aromatic carbocycles. The molecule has 19 heavy (non-hydrogen) atoms. The summed E-state index contributed by atoms with van der Waals surface area (Å²) in [6.45, 7) is 6.47. The first-order chi connectivity index (χ1) is 8.68. The van der Waals surface area contributed by atoms with Gasteiger partial charge in [0.25, 0.3) is 0 Å². The number of hydrogen-bond acceptors (Lipinski definition) is 6. The van der Waals surface area contributed by atoms with Crippen LogP contribution in [0.1, 0.15) is 34.1 Å². The summed E-state index contributed by atoms with van der Waals surface area (Å²) in [5.74, 6) is 0. The van der Waals surface area contributed by atoms with Crippen LogP contribution in [0.2, 0.25) is 0 Å². The number of nitrogens with zero attached hydrogens (tertiary/aromatic N) is 1. The quantitative estimate of drug-likeness (QED) is 0.350. The van der Waals surface area contributed by atoms with Crippen LogP contribution in [0.4, 0.5) is 0 Å². The number of rotatable bonds is 8. The standard InChI is InChI=1S/C12H25N2O4P/c1-9(2)19(17,10(3)4)12(16,11(15)8-14)18-7-5-6-13/h9-11,15-16H,5,7-8,14H2,1-4H3/t11?,12-/m1/s1. The fourth-order valence-corrected chi connectivity index (χ4v) is 5.70. The number of hydrogen-bond donors (Lipinski definition) is 3.